The number of aromatic nitrogens is 3. The van der Waals surface area contributed by atoms with Crippen molar-refractivity contribution in [2.24, 2.45) is 5.92 Å². The van der Waals surface area contributed by atoms with Gasteiger partial charge in [-0.15, -0.1) is 11.3 Å². The Labute approximate surface area is 250 Å². The Morgan fingerprint density at radius 1 is 1.00 bits per heavy atom. The first-order chi connectivity index (χ1) is 19.1. The van der Waals surface area contributed by atoms with Crippen LogP contribution in [0, 0.1) is 5.92 Å². The molecule has 0 bridgehead atoms. The van der Waals surface area contributed by atoms with Gasteiger partial charge in [0.1, 0.15) is 27.2 Å². The van der Waals surface area contributed by atoms with Gasteiger partial charge in [-0.05, 0) is 78.9 Å². The Bertz CT molecular complexity index is 1380. The summed E-state index contributed by atoms with van der Waals surface area (Å²) >= 11 is 8.34. The van der Waals surface area contributed by atoms with Crippen LogP contribution in [0.3, 0.4) is 0 Å². The van der Waals surface area contributed by atoms with Crippen LogP contribution in [0.1, 0.15) is 60.8 Å². The molecule has 0 saturated heterocycles. The number of nitrogens with zero attached hydrogens (tertiary/aromatic N) is 5. The van der Waals surface area contributed by atoms with Crippen LogP contribution in [0.2, 0.25) is 5.15 Å². The second-order valence-electron chi connectivity index (χ2n) is 12.3. The van der Waals surface area contributed by atoms with Crippen LogP contribution < -0.4 is 9.80 Å². The van der Waals surface area contributed by atoms with Crippen molar-refractivity contribution in [3.63, 3.8) is 0 Å². The molecule has 1 saturated carbocycles. The standard InChI is InChI=1S/C29H38ClN5O5S/c1-28(2,3)39-26(36)35(8)25-32-22(30)21(24-31-19-11-9-10-12-20(19)41-24)23(33-25)34(7)18-14-13-17(15-18)16-38-27(37)40-29(4,5)6/h9-12,17-18H,13-16H2,1-8H3/t17-,18+/m1/s1. The first kappa shape index (κ1) is 30.8. The highest BCUT2D eigenvalue weighted by atomic mass is 35.5. The maximum Gasteiger partial charge on any atom is 0.508 e. The molecule has 1 aliphatic carbocycles. The molecule has 2 atom stereocenters. The van der Waals surface area contributed by atoms with Gasteiger partial charge in [-0.3, -0.25) is 0 Å². The fourth-order valence-electron chi connectivity index (χ4n) is 4.58. The first-order valence-electron chi connectivity index (χ1n) is 13.6. The molecule has 4 rings (SSSR count). The van der Waals surface area contributed by atoms with E-state index in [1.165, 1.54) is 16.2 Å². The molecule has 1 aromatic carbocycles. The van der Waals surface area contributed by atoms with Gasteiger partial charge >= 0.3 is 12.2 Å². The number of carbonyl (C=O) groups excluding carboxylic acids is 2. The smallest absolute Gasteiger partial charge is 0.443 e. The Balaban J connectivity index is 1.63. The third-order valence-corrected chi connectivity index (χ3v) is 7.86. The van der Waals surface area contributed by atoms with Crippen molar-refractivity contribution in [2.45, 2.75) is 78.0 Å². The number of hydrogen-bond acceptors (Lipinski definition) is 10. The van der Waals surface area contributed by atoms with E-state index in [2.05, 4.69) is 9.88 Å². The van der Waals surface area contributed by atoms with Gasteiger partial charge in [0.2, 0.25) is 5.95 Å². The molecular formula is C29H38ClN5O5S. The van der Waals surface area contributed by atoms with Gasteiger partial charge in [0.25, 0.3) is 0 Å². The molecule has 1 fully saturated rings. The highest BCUT2D eigenvalue weighted by Crippen LogP contribution is 2.42. The highest BCUT2D eigenvalue weighted by molar-refractivity contribution is 7.21. The summed E-state index contributed by atoms with van der Waals surface area (Å²) in [4.78, 5) is 42.4. The van der Waals surface area contributed by atoms with Gasteiger partial charge in [0, 0.05) is 20.1 Å². The van der Waals surface area contributed by atoms with E-state index >= 15 is 0 Å². The lowest BCUT2D eigenvalue weighted by molar-refractivity contribution is -0.0129. The Kier molecular flexibility index (Phi) is 8.98. The van der Waals surface area contributed by atoms with Crippen molar-refractivity contribution in [3.8, 4) is 10.6 Å². The molecule has 41 heavy (non-hydrogen) atoms. The van der Waals surface area contributed by atoms with Crippen molar-refractivity contribution < 1.29 is 23.8 Å². The van der Waals surface area contributed by atoms with Gasteiger partial charge in [0.15, 0.2) is 0 Å². The molecule has 2 heterocycles. The number of ether oxygens (including phenoxy) is 3. The number of carbonyl (C=O) groups is 2. The summed E-state index contributed by atoms with van der Waals surface area (Å²) in [5, 5.41) is 0.876. The lowest BCUT2D eigenvalue weighted by Gasteiger charge is -2.29. The van der Waals surface area contributed by atoms with Gasteiger partial charge in [-0.25, -0.2) is 19.5 Å². The minimum Gasteiger partial charge on any atom is -0.443 e. The van der Waals surface area contributed by atoms with Gasteiger partial charge in [0.05, 0.1) is 22.4 Å². The number of anilines is 2. The number of rotatable bonds is 6. The highest BCUT2D eigenvalue weighted by Gasteiger charge is 2.33. The SMILES string of the molecule is CN(C(=O)OC(C)(C)C)c1nc(Cl)c(-c2nc3ccccc3s2)c(N(C)[C@H]2CC[C@@H](COC(=O)OC(C)(C)C)C2)n1. The van der Waals surface area contributed by atoms with Crippen molar-refractivity contribution in [1.29, 1.82) is 0 Å². The molecule has 1 aliphatic rings. The zero-order chi connectivity index (χ0) is 30.1. The van der Waals surface area contributed by atoms with Gasteiger partial charge in [-0.1, -0.05) is 23.7 Å². The van der Waals surface area contributed by atoms with Crippen LogP contribution in [-0.2, 0) is 14.2 Å². The minimum absolute atomic E-state index is 0.0843. The van der Waals surface area contributed by atoms with E-state index in [0.29, 0.717) is 16.4 Å². The van der Waals surface area contributed by atoms with Crippen LogP contribution in [0.4, 0.5) is 21.4 Å². The third kappa shape index (κ3) is 7.77. The average molecular weight is 604 g/mol. The summed E-state index contributed by atoms with van der Waals surface area (Å²) < 4.78 is 17.2. The quantitative estimate of drug-likeness (QED) is 0.211. The van der Waals surface area contributed by atoms with Crippen LogP contribution in [-0.4, -0.2) is 65.1 Å². The fraction of sp³-hybridized carbons (Fsp3) is 0.552. The monoisotopic (exact) mass is 603 g/mol. The normalized spacial score (nSPS) is 17.4. The lowest BCUT2D eigenvalue weighted by atomic mass is 10.1. The molecule has 0 N–H and O–H groups in total. The summed E-state index contributed by atoms with van der Waals surface area (Å²) in [7, 11) is 3.51. The Hall–Kier alpha value is -3.18. The zero-order valence-electron chi connectivity index (χ0n) is 24.9. The van der Waals surface area contributed by atoms with Crippen molar-refractivity contribution in [2.75, 3.05) is 30.5 Å². The number of thiazole rings is 1. The summed E-state index contributed by atoms with van der Waals surface area (Å²) in [6, 6.07) is 7.94. The molecule has 3 aromatic rings. The molecule has 0 aliphatic heterocycles. The average Bonchev–Trinajstić information content (AvgIpc) is 3.51. The Morgan fingerprint density at radius 3 is 2.34 bits per heavy atom. The summed E-state index contributed by atoms with van der Waals surface area (Å²) in [6.45, 7) is 11.1. The first-order valence-corrected chi connectivity index (χ1v) is 14.8. The van der Waals surface area contributed by atoms with Crippen molar-refractivity contribution in [3.05, 3.63) is 29.4 Å². The summed E-state index contributed by atoms with van der Waals surface area (Å²) in [6.07, 6.45) is 1.26. The van der Waals surface area contributed by atoms with E-state index in [-0.39, 0.29) is 29.7 Å². The minimum atomic E-state index is -0.685. The van der Waals surface area contributed by atoms with E-state index in [0.717, 1.165) is 29.5 Å². The maximum atomic E-state index is 12.8. The number of fused-ring (bicyclic) bond motifs is 1. The van der Waals surface area contributed by atoms with Crippen LogP contribution >= 0.6 is 22.9 Å². The van der Waals surface area contributed by atoms with Crippen LogP contribution in [0.25, 0.3) is 20.8 Å². The molecule has 2 aromatic heterocycles. The fourth-order valence-corrected chi connectivity index (χ4v) is 5.89. The van der Waals surface area contributed by atoms with E-state index in [1.54, 1.807) is 48.6 Å². The second kappa shape index (κ2) is 12.0. The molecule has 0 spiro atoms. The van der Waals surface area contributed by atoms with Crippen LogP contribution in [0.15, 0.2) is 24.3 Å². The number of hydrogen-bond donors (Lipinski definition) is 0. The lowest BCUT2D eigenvalue weighted by Crippen LogP contribution is -2.36. The largest absolute Gasteiger partial charge is 0.508 e. The number of para-hydroxylation sites is 1. The van der Waals surface area contributed by atoms with Gasteiger partial charge in [-0.2, -0.15) is 9.97 Å². The maximum absolute atomic E-state index is 12.8. The summed E-state index contributed by atoms with van der Waals surface area (Å²) in [5.74, 6) is 0.856. The van der Waals surface area contributed by atoms with Crippen LogP contribution in [0.5, 0.6) is 0 Å². The summed E-state index contributed by atoms with van der Waals surface area (Å²) in [5.41, 5.74) is 0.163. The van der Waals surface area contributed by atoms with Gasteiger partial charge < -0.3 is 19.1 Å². The third-order valence-electron chi connectivity index (χ3n) is 6.53. The molecular weight excluding hydrogens is 566 g/mol. The Morgan fingerprint density at radius 2 is 1.68 bits per heavy atom. The topological polar surface area (TPSA) is 107 Å². The van der Waals surface area contributed by atoms with Crippen molar-refractivity contribution in [1.82, 2.24) is 15.0 Å². The number of benzene rings is 1. The molecule has 222 valence electrons. The molecule has 10 nitrogen and oxygen atoms in total. The molecule has 1 amide bonds. The predicted octanol–water partition coefficient (Wildman–Crippen LogP) is 7.33. The predicted molar refractivity (Wildman–Crippen MR) is 162 cm³/mol. The number of amides is 1. The zero-order valence-corrected chi connectivity index (χ0v) is 26.4. The van der Waals surface area contributed by atoms with E-state index in [9.17, 15) is 9.59 Å². The second-order valence-corrected chi connectivity index (χ2v) is 13.6. The van der Waals surface area contributed by atoms with E-state index < -0.39 is 23.5 Å². The molecule has 0 unspecified atom stereocenters. The molecule has 0 radical (unpaired) electrons. The van der Waals surface area contributed by atoms with Crippen molar-refractivity contribution >= 4 is 57.2 Å². The number of halogens is 1. The van der Waals surface area contributed by atoms with E-state index in [1.807, 2.05) is 31.3 Å². The molecule has 12 heteroatoms. The van der Waals surface area contributed by atoms with E-state index in [4.69, 9.17) is 35.8 Å².